The second-order valence-corrected chi connectivity index (χ2v) is 7.78. The first-order valence-electron chi connectivity index (χ1n) is 8.32. The average Bonchev–Trinajstić information content (AvgIpc) is 3.02. The van der Waals surface area contributed by atoms with Crippen LogP contribution in [0.25, 0.3) is 0 Å². The normalized spacial score (nSPS) is 13.0. The molecule has 0 aliphatic heterocycles. The van der Waals surface area contributed by atoms with Gasteiger partial charge in [0.2, 0.25) is 10.0 Å². The second kappa shape index (κ2) is 7.88. The minimum atomic E-state index is -3.77. The van der Waals surface area contributed by atoms with E-state index in [4.69, 9.17) is 4.42 Å². The number of nitrogens with zero attached hydrogens (tertiary/aromatic N) is 2. The smallest absolute Gasteiger partial charge is 0.293 e. The molecule has 8 nitrogen and oxygen atoms in total. The van der Waals surface area contributed by atoms with Crippen LogP contribution in [-0.4, -0.2) is 30.7 Å². The lowest BCUT2D eigenvalue weighted by Gasteiger charge is -2.19. The highest BCUT2D eigenvalue weighted by molar-refractivity contribution is 7.89. The Morgan fingerprint density at radius 3 is 2.38 bits per heavy atom. The molecular weight excluding hydrogens is 358 g/mol. The summed E-state index contributed by atoms with van der Waals surface area (Å²) in [6, 6.07) is 7.17. The van der Waals surface area contributed by atoms with Crippen molar-refractivity contribution in [2.75, 3.05) is 18.4 Å². The third-order valence-corrected chi connectivity index (χ3v) is 6.11. The lowest BCUT2D eigenvalue weighted by Crippen LogP contribution is -2.30. The SMILES string of the molecule is CCN(CC)S(=O)(=O)c1ccc(NC(C)c2ccc(C)o2)c([N+](=O)[O-])c1. The second-order valence-electron chi connectivity index (χ2n) is 5.84. The summed E-state index contributed by atoms with van der Waals surface area (Å²) in [6.07, 6.45) is 0. The van der Waals surface area contributed by atoms with E-state index in [-0.39, 0.29) is 22.3 Å². The Labute approximate surface area is 153 Å². The van der Waals surface area contributed by atoms with Gasteiger partial charge in [-0.25, -0.2) is 8.42 Å². The Hall–Kier alpha value is -2.39. The van der Waals surface area contributed by atoms with Crippen molar-refractivity contribution < 1.29 is 17.8 Å². The molecule has 142 valence electrons. The number of nitro groups is 1. The predicted octanol–water partition coefficient (Wildman–Crippen LogP) is 3.70. The maximum absolute atomic E-state index is 12.6. The van der Waals surface area contributed by atoms with E-state index in [9.17, 15) is 18.5 Å². The Kier molecular flexibility index (Phi) is 6.04. The van der Waals surface area contributed by atoms with Gasteiger partial charge in [-0.05, 0) is 38.1 Å². The Morgan fingerprint density at radius 1 is 1.23 bits per heavy atom. The van der Waals surface area contributed by atoms with Crippen LogP contribution in [0.4, 0.5) is 11.4 Å². The van der Waals surface area contributed by atoms with E-state index >= 15 is 0 Å². The van der Waals surface area contributed by atoms with Gasteiger partial charge in [0, 0.05) is 19.2 Å². The van der Waals surface area contributed by atoms with Crippen LogP contribution in [0.5, 0.6) is 0 Å². The largest absolute Gasteiger partial charge is 0.464 e. The number of hydrogen-bond acceptors (Lipinski definition) is 6. The Morgan fingerprint density at radius 2 is 1.88 bits per heavy atom. The van der Waals surface area contributed by atoms with Gasteiger partial charge in [-0.3, -0.25) is 10.1 Å². The number of hydrogen-bond donors (Lipinski definition) is 1. The molecule has 1 heterocycles. The molecule has 1 atom stereocenters. The third-order valence-electron chi connectivity index (χ3n) is 4.07. The molecule has 0 aliphatic rings. The highest BCUT2D eigenvalue weighted by Crippen LogP contribution is 2.32. The van der Waals surface area contributed by atoms with Crippen LogP contribution in [-0.2, 0) is 10.0 Å². The standard InChI is InChI=1S/C17H23N3O5S/c1-5-19(6-2)26(23,24)14-8-9-15(16(11-14)20(21)22)18-13(4)17-10-7-12(3)25-17/h7-11,13,18H,5-6H2,1-4H3. The van der Waals surface area contributed by atoms with E-state index < -0.39 is 14.9 Å². The zero-order chi connectivity index (χ0) is 19.5. The molecule has 2 aromatic rings. The predicted molar refractivity (Wildman–Crippen MR) is 98.7 cm³/mol. The van der Waals surface area contributed by atoms with Crippen LogP contribution in [0.1, 0.15) is 38.3 Å². The molecule has 1 aromatic heterocycles. The van der Waals surface area contributed by atoms with Gasteiger partial charge >= 0.3 is 0 Å². The van der Waals surface area contributed by atoms with Gasteiger partial charge in [0.1, 0.15) is 17.2 Å². The van der Waals surface area contributed by atoms with Crippen molar-refractivity contribution in [2.24, 2.45) is 0 Å². The molecule has 0 spiro atoms. The fraction of sp³-hybridized carbons (Fsp3) is 0.412. The molecule has 2 rings (SSSR count). The molecule has 0 radical (unpaired) electrons. The van der Waals surface area contributed by atoms with Crippen LogP contribution < -0.4 is 5.32 Å². The zero-order valence-electron chi connectivity index (χ0n) is 15.2. The van der Waals surface area contributed by atoms with Gasteiger partial charge in [0.05, 0.1) is 15.9 Å². The number of sulfonamides is 1. The summed E-state index contributed by atoms with van der Waals surface area (Å²) < 4.78 is 32.0. The van der Waals surface area contributed by atoms with Crippen LogP contribution in [0.2, 0.25) is 0 Å². The van der Waals surface area contributed by atoms with Crippen molar-refractivity contribution in [2.45, 2.75) is 38.6 Å². The molecule has 0 bridgehead atoms. The number of aryl methyl sites for hydroxylation is 1. The number of nitro benzene ring substituents is 1. The number of furan rings is 1. The third kappa shape index (κ3) is 4.05. The summed E-state index contributed by atoms with van der Waals surface area (Å²) in [5.74, 6) is 1.38. The van der Waals surface area contributed by atoms with Crippen LogP contribution in [0.15, 0.2) is 39.6 Å². The van der Waals surface area contributed by atoms with E-state index in [0.29, 0.717) is 18.8 Å². The maximum atomic E-state index is 12.6. The van der Waals surface area contributed by atoms with Crippen LogP contribution >= 0.6 is 0 Å². The number of benzene rings is 1. The van der Waals surface area contributed by atoms with Gasteiger partial charge < -0.3 is 9.73 Å². The van der Waals surface area contributed by atoms with Crippen molar-refractivity contribution in [3.63, 3.8) is 0 Å². The Balaban J connectivity index is 2.39. The van der Waals surface area contributed by atoms with E-state index in [1.54, 1.807) is 19.9 Å². The van der Waals surface area contributed by atoms with Crippen molar-refractivity contribution in [3.05, 3.63) is 52.0 Å². The molecule has 1 aromatic carbocycles. The fourth-order valence-electron chi connectivity index (χ4n) is 2.65. The molecule has 0 amide bonds. The minimum Gasteiger partial charge on any atom is -0.464 e. The summed E-state index contributed by atoms with van der Waals surface area (Å²) >= 11 is 0. The fourth-order valence-corrected chi connectivity index (χ4v) is 4.13. The number of nitrogens with one attached hydrogen (secondary N) is 1. The Bertz CT molecular complexity index is 888. The highest BCUT2D eigenvalue weighted by Gasteiger charge is 2.26. The lowest BCUT2D eigenvalue weighted by atomic mass is 10.2. The van der Waals surface area contributed by atoms with Gasteiger partial charge in [-0.15, -0.1) is 0 Å². The molecule has 0 aliphatic carbocycles. The summed E-state index contributed by atoms with van der Waals surface area (Å²) in [6.45, 7) is 7.65. The number of anilines is 1. The first-order chi connectivity index (χ1) is 12.2. The van der Waals surface area contributed by atoms with Crippen molar-refractivity contribution in [1.29, 1.82) is 0 Å². The van der Waals surface area contributed by atoms with Crippen molar-refractivity contribution in [1.82, 2.24) is 4.31 Å². The molecule has 9 heteroatoms. The quantitative estimate of drug-likeness (QED) is 0.552. The summed E-state index contributed by atoms with van der Waals surface area (Å²) in [7, 11) is -3.77. The molecule has 0 saturated heterocycles. The molecule has 1 unspecified atom stereocenters. The minimum absolute atomic E-state index is 0.0973. The lowest BCUT2D eigenvalue weighted by molar-refractivity contribution is -0.384. The molecule has 0 fully saturated rings. The van der Waals surface area contributed by atoms with Crippen molar-refractivity contribution in [3.8, 4) is 0 Å². The van der Waals surface area contributed by atoms with E-state index in [1.807, 2.05) is 19.9 Å². The number of rotatable bonds is 8. The summed E-state index contributed by atoms with van der Waals surface area (Å²) in [4.78, 5) is 10.8. The average molecular weight is 381 g/mol. The first kappa shape index (κ1) is 19.9. The van der Waals surface area contributed by atoms with Gasteiger partial charge in [-0.2, -0.15) is 4.31 Å². The molecule has 1 N–H and O–H groups in total. The molecule has 26 heavy (non-hydrogen) atoms. The van der Waals surface area contributed by atoms with E-state index in [1.165, 1.54) is 16.4 Å². The summed E-state index contributed by atoms with van der Waals surface area (Å²) in [5.41, 5.74) is -0.0663. The van der Waals surface area contributed by atoms with Gasteiger partial charge in [-0.1, -0.05) is 13.8 Å². The first-order valence-corrected chi connectivity index (χ1v) is 9.76. The molecular formula is C17H23N3O5S. The van der Waals surface area contributed by atoms with Gasteiger partial charge in [0.15, 0.2) is 0 Å². The molecule has 0 saturated carbocycles. The van der Waals surface area contributed by atoms with E-state index in [2.05, 4.69) is 5.32 Å². The van der Waals surface area contributed by atoms with Crippen molar-refractivity contribution >= 4 is 21.4 Å². The van der Waals surface area contributed by atoms with Crippen LogP contribution in [0.3, 0.4) is 0 Å². The van der Waals surface area contributed by atoms with Gasteiger partial charge in [0.25, 0.3) is 5.69 Å². The zero-order valence-corrected chi connectivity index (χ0v) is 16.0. The van der Waals surface area contributed by atoms with Crippen LogP contribution in [0, 0.1) is 17.0 Å². The monoisotopic (exact) mass is 381 g/mol. The highest BCUT2D eigenvalue weighted by atomic mass is 32.2. The summed E-state index contributed by atoms with van der Waals surface area (Å²) in [5, 5.41) is 14.5. The maximum Gasteiger partial charge on any atom is 0.293 e. The topological polar surface area (TPSA) is 106 Å². The van der Waals surface area contributed by atoms with E-state index in [0.717, 1.165) is 11.8 Å².